The summed E-state index contributed by atoms with van der Waals surface area (Å²) in [6.45, 7) is 11.7. The van der Waals surface area contributed by atoms with E-state index in [0.29, 0.717) is 6.04 Å². The molecule has 2 heteroatoms. The van der Waals surface area contributed by atoms with Gasteiger partial charge in [0.25, 0.3) is 0 Å². The van der Waals surface area contributed by atoms with Crippen LogP contribution in [0.15, 0.2) is 0 Å². The molecule has 0 bridgehead atoms. The summed E-state index contributed by atoms with van der Waals surface area (Å²) >= 11 is 0. The van der Waals surface area contributed by atoms with Crippen LogP contribution in [0.2, 0.25) is 0 Å². The molecule has 0 amide bonds. The topological polar surface area (TPSA) is 21.3 Å². The molecule has 0 atom stereocenters. The van der Waals surface area contributed by atoms with Gasteiger partial charge in [0.05, 0.1) is 0 Å². The maximum atomic E-state index is 5.49. The van der Waals surface area contributed by atoms with E-state index in [2.05, 4.69) is 33.0 Å². The van der Waals surface area contributed by atoms with Crippen LogP contribution in [0, 0.1) is 5.92 Å². The van der Waals surface area contributed by atoms with Crippen molar-refractivity contribution in [2.24, 2.45) is 5.92 Å². The molecule has 0 spiro atoms. The Bertz CT molecular complexity index is 90.3. The van der Waals surface area contributed by atoms with E-state index in [0.717, 1.165) is 32.1 Å². The van der Waals surface area contributed by atoms with E-state index in [1.165, 1.54) is 6.42 Å². The normalized spacial score (nSPS) is 11.5. The van der Waals surface area contributed by atoms with Crippen LogP contribution in [-0.2, 0) is 4.74 Å². The average molecular weight is 187 g/mol. The highest BCUT2D eigenvalue weighted by molar-refractivity contribution is 4.52. The Labute approximate surface area is 83.1 Å². The molecule has 0 aromatic heterocycles. The van der Waals surface area contributed by atoms with Crippen molar-refractivity contribution < 1.29 is 4.74 Å². The zero-order valence-electron chi connectivity index (χ0n) is 9.60. The van der Waals surface area contributed by atoms with E-state index in [4.69, 9.17) is 4.74 Å². The van der Waals surface area contributed by atoms with Crippen LogP contribution < -0.4 is 5.32 Å². The van der Waals surface area contributed by atoms with Crippen molar-refractivity contribution in [2.75, 3.05) is 19.8 Å². The van der Waals surface area contributed by atoms with Crippen molar-refractivity contribution in [1.82, 2.24) is 5.32 Å². The molecular weight excluding hydrogens is 162 g/mol. The molecule has 0 aliphatic heterocycles. The van der Waals surface area contributed by atoms with E-state index in [-0.39, 0.29) is 0 Å². The van der Waals surface area contributed by atoms with Crippen LogP contribution in [0.25, 0.3) is 0 Å². The van der Waals surface area contributed by atoms with Crippen LogP contribution in [0.4, 0.5) is 0 Å². The molecule has 0 saturated heterocycles. The van der Waals surface area contributed by atoms with Crippen LogP contribution in [-0.4, -0.2) is 25.8 Å². The van der Waals surface area contributed by atoms with Gasteiger partial charge in [-0.1, -0.05) is 27.7 Å². The first-order chi connectivity index (χ1) is 6.13. The maximum Gasteiger partial charge on any atom is 0.0478 e. The minimum Gasteiger partial charge on any atom is -0.381 e. The summed E-state index contributed by atoms with van der Waals surface area (Å²) < 4.78 is 5.49. The molecule has 0 aliphatic carbocycles. The summed E-state index contributed by atoms with van der Waals surface area (Å²) in [5.41, 5.74) is 0. The van der Waals surface area contributed by atoms with Crippen LogP contribution in [0.5, 0.6) is 0 Å². The smallest absolute Gasteiger partial charge is 0.0478 e. The first-order valence-corrected chi connectivity index (χ1v) is 5.44. The van der Waals surface area contributed by atoms with Gasteiger partial charge < -0.3 is 10.1 Å². The third kappa shape index (κ3) is 11.9. The van der Waals surface area contributed by atoms with Gasteiger partial charge in [-0.2, -0.15) is 0 Å². The van der Waals surface area contributed by atoms with Gasteiger partial charge in [0.1, 0.15) is 0 Å². The lowest BCUT2D eigenvalue weighted by molar-refractivity contribution is 0.121. The summed E-state index contributed by atoms with van der Waals surface area (Å²) in [7, 11) is 0. The highest BCUT2D eigenvalue weighted by atomic mass is 16.5. The fraction of sp³-hybridized carbons (Fsp3) is 1.00. The van der Waals surface area contributed by atoms with Gasteiger partial charge >= 0.3 is 0 Å². The van der Waals surface area contributed by atoms with Crippen molar-refractivity contribution in [3.63, 3.8) is 0 Å². The van der Waals surface area contributed by atoms with Gasteiger partial charge in [-0.05, 0) is 25.3 Å². The SMILES string of the molecule is CC(C)CCOCCCNC(C)C. The Morgan fingerprint density at radius 1 is 1.08 bits per heavy atom. The lowest BCUT2D eigenvalue weighted by Crippen LogP contribution is -2.24. The van der Waals surface area contributed by atoms with Gasteiger partial charge in [-0.3, -0.25) is 0 Å². The minimum atomic E-state index is 0.593. The lowest BCUT2D eigenvalue weighted by Gasteiger charge is -2.08. The Kier molecular flexibility index (Phi) is 8.46. The van der Waals surface area contributed by atoms with Gasteiger partial charge in [0.15, 0.2) is 0 Å². The quantitative estimate of drug-likeness (QED) is 0.589. The monoisotopic (exact) mass is 187 g/mol. The zero-order chi connectivity index (χ0) is 10.1. The second-order valence-corrected chi connectivity index (χ2v) is 4.26. The van der Waals surface area contributed by atoms with Crippen molar-refractivity contribution in [3.05, 3.63) is 0 Å². The summed E-state index contributed by atoms with van der Waals surface area (Å²) in [5.74, 6) is 0.758. The molecular formula is C11H25NO. The number of nitrogens with one attached hydrogen (secondary N) is 1. The average Bonchev–Trinajstić information content (AvgIpc) is 2.01. The second kappa shape index (κ2) is 8.52. The standard InChI is InChI=1S/C11H25NO/c1-10(2)6-9-13-8-5-7-12-11(3)4/h10-12H,5-9H2,1-4H3. The van der Waals surface area contributed by atoms with Crippen molar-refractivity contribution >= 4 is 0 Å². The Balaban J connectivity index is 2.92. The van der Waals surface area contributed by atoms with E-state index in [1.54, 1.807) is 0 Å². The van der Waals surface area contributed by atoms with E-state index in [9.17, 15) is 0 Å². The first-order valence-electron chi connectivity index (χ1n) is 5.44. The van der Waals surface area contributed by atoms with E-state index in [1.807, 2.05) is 0 Å². The third-order valence-electron chi connectivity index (χ3n) is 1.86. The zero-order valence-corrected chi connectivity index (χ0v) is 9.60. The second-order valence-electron chi connectivity index (χ2n) is 4.26. The Morgan fingerprint density at radius 2 is 1.77 bits per heavy atom. The molecule has 0 rings (SSSR count). The third-order valence-corrected chi connectivity index (χ3v) is 1.86. The number of rotatable bonds is 8. The molecule has 0 saturated carbocycles. The molecule has 0 aromatic carbocycles. The molecule has 13 heavy (non-hydrogen) atoms. The molecule has 0 aromatic rings. The summed E-state index contributed by atoms with van der Waals surface area (Å²) in [5, 5.41) is 3.37. The number of ether oxygens (including phenoxy) is 1. The predicted octanol–water partition coefficient (Wildman–Crippen LogP) is 2.44. The van der Waals surface area contributed by atoms with Crippen molar-refractivity contribution in [3.8, 4) is 0 Å². The molecule has 0 heterocycles. The van der Waals surface area contributed by atoms with E-state index >= 15 is 0 Å². The summed E-state index contributed by atoms with van der Waals surface area (Å²) in [6.07, 6.45) is 2.30. The first kappa shape index (κ1) is 12.9. The van der Waals surface area contributed by atoms with Gasteiger partial charge in [0.2, 0.25) is 0 Å². The highest BCUT2D eigenvalue weighted by Gasteiger charge is 1.94. The molecule has 0 unspecified atom stereocenters. The molecule has 80 valence electrons. The van der Waals surface area contributed by atoms with Crippen LogP contribution >= 0.6 is 0 Å². The maximum absolute atomic E-state index is 5.49. The fourth-order valence-electron chi connectivity index (χ4n) is 0.986. The molecule has 2 nitrogen and oxygen atoms in total. The van der Waals surface area contributed by atoms with Crippen LogP contribution in [0.3, 0.4) is 0 Å². The Hall–Kier alpha value is -0.0800. The largest absolute Gasteiger partial charge is 0.381 e. The molecule has 0 aliphatic rings. The lowest BCUT2D eigenvalue weighted by atomic mass is 10.1. The molecule has 1 N–H and O–H groups in total. The minimum absolute atomic E-state index is 0.593. The molecule has 0 fully saturated rings. The highest BCUT2D eigenvalue weighted by Crippen LogP contribution is 1.98. The van der Waals surface area contributed by atoms with E-state index < -0.39 is 0 Å². The summed E-state index contributed by atoms with van der Waals surface area (Å²) in [6, 6.07) is 0.593. The van der Waals surface area contributed by atoms with Gasteiger partial charge in [-0.25, -0.2) is 0 Å². The summed E-state index contributed by atoms with van der Waals surface area (Å²) in [4.78, 5) is 0. The van der Waals surface area contributed by atoms with Gasteiger partial charge in [-0.15, -0.1) is 0 Å². The van der Waals surface area contributed by atoms with Crippen LogP contribution in [0.1, 0.15) is 40.5 Å². The molecule has 0 radical (unpaired) electrons. The fourth-order valence-corrected chi connectivity index (χ4v) is 0.986. The van der Waals surface area contributed by atoms with Crippen molar-refractivity contribution in [2.45, 2.75) is 46.6 Å². The Morgan fingerprint density at radius 3 is 2.31 bits per heavy atom. The van der Waals surface area contributed by atoms with Crippen molar-refractivity contribution in [1.29, 1.82) is 0 Å². The predicted molar refractivity (Wildman–Crippen MR) is 58.0 cm³/mol. The number of hydrogen-bond donors (Lipinski definition) is 1. The number of hydrogen-bond acceptors (Lipinski definition) is 2. The van der Waals surface area contributed by atoms with Gasteiger partial charge in [0, 0.05) is 19.3 Å².